The second-order valence-electron chi connectivity index (χ2n) is 7.88. The largest absolute Gasteiger partial charge is 0.356 e. The molecule has 0 saturated carbocycles. The van der Waals surface area contributed by atoms with Gasteiger partial charge in [0.25, 0.3) is 0 Å². The second kappa shape index (κ2) is 9.93. The Bertz CT molecular complexity index is 547. The van der Waals surface area contributed by atoms with Crippen molar-refractivity contribution < 1.29 is 0 Å². The molecule has 26 heavy (non-hydrogen) atoms. The fourth-order valence-corrected chi connectivity index (χ4v) is 3.41. The van der Waals surface area contributed by atoms with Crippen LogP contribution in [-0.2, 0) is 5.41 Å². The van der Waals surface area contributed by atoms with Crippen LogP contribution in [0.2, 0.25) is 0 Å². The highest BCUT2D eigenvalue weighted by Crippen LogP contribution is 2.21. The number of nitrogens with zero attached hydrogens (tertiary/aromatic N) is 3. The number of nitrogens with one attached hydrogen (secondary N) is 2. The molecule has 0 aromatic heterocycles. The van der Waals surface area contributed by atoms with E-state index in [4.69, 9.17) is 0 Å². The van der Waals surface area contributed by atoms with Crippen molar-refractivity contribution in [3.8, 4) is 0 Å². The summed E-state index contributed by atoms with van der Waals surface area (Å²) in [6, 6.07) is 11.2. The van der Waals surface area contributed by atoms with Crippen molar-refractivity contribution in [2.24, 2.45) is 4.99 Å². The Hall–Kier alpha value is -1.59. The van der Waals surface area contributed by atoms with Gasteiger partial charge in [-0.15, -0.1) is 0 Å². The molecule has 5 nitrogen and oxygen atoms in total. The van der Waals surface area contributed by atoms with E-state index >= 15 is 0 Å². The van der Waals surface area contributed by atoms with Crippen LogP contribution in [0.15, 0.2) is 35.3 Å². The van der Waals surface area contributed by atoms with Crippen molar-refractivity contribution in [2.45, 2.75) is 39.2 Å². The van der Waals surface area contributed by atoms with Gasteiger partial charge in [0.15, 0.2) is 5.96 Å². The predicted octanol–water partition coefficient (Wildman–Crippen LogP) is 2.16. The maximum atomic E-state index is 4.39. The van der Waals surface area contributed by atoms with Gasteiger partial charge in [0.1, 0.15) is 0 Å². The maximum Gasteiger partial charge on any atom is 0.191 e. The monoisotopic (exact) mass is 359 g/mol. The summed E-state index contributed by atoms with van der Waals surface area (Å²) in [4.78, 5) is 9.48. The quantitative estimate of drug-likeness (QED) is 0.578. The van der Waals surface area contributed by atoms with E-state index in [1.54, 1.807) is 0 Å². The first-order valence-corrected chi connectivity index (χ1v) is 9.92. The van der Waals surface area contributed by atoms with Crippen LogP contribution in [0, 0.1) is 0 Å². The molecule has 1 fully saturated rings. The summed E-state index contributed by atoms with van der Waals surface area (Å²) in [6.45, 7) is 16.7. The summed E-state index contributed by atoms with van der Waals surface area (Å²) in [5.74, 6) is 0.882. The Morgan fingerprint density at radius 2 is 1.77 bits per heavy atom. The molecule has 1 aliphatic heterocycles. The zero-order valence-corrected chi connectivity index (χ0v) is 17.3. The van der Waals surface area contributed by atoms with Gasteiger partial charge >= 0.3 is 0 Å². The molecule has 146 valence electrons. The molecular weight excluding hydrogens is 322 g/mol. The molecule has 1 heterocycles. The molecule has 0 spiro atoms. The van der Waals surface area contributed by atoms with E-state index in [-0.39, 0.29) is 5.41 Å². The molecule has 1 atom stereocenters. The fourth-order valence-electron chi connectivity index (χ4n) is 3.41. The minimum Gasteiger partial charge on any atom is -0.356 e. The molecule has 2 N–H and O–H groups in total. The molecule has 0 bridgehead atoms. The van der Waals surface area contributed by atoms with Crippen molar-refractivity contribution in [1.29, 1.82) is 0 Å². The van der Waals surface area contributed by atoms with Gasteiger partial charge < -0.3 is 15.5 Å². The van der Waals surface area contributed by atoms with Gasteiger partial charge in [-0.3, -0.25) is 9.89 Å². The fraction of sp³-hybridized carbons (Fsp3) is 0.667. The van der Waals surface area contributed by atoms with Gasteiger partial charge in [-0.2, -0.15) is 0 Å². The molecule has 1 aromatic carbocycles. The molecule has 0 aliphatic carbocycles. The average Bonchev–Trinajstić information content (AvgIpc) is 2.68. The van der Waals surface area contributed by atoms with Crippen LogP contribution in [0.4, 0.5) is 0 Å². The van der Waals surface area contributed by atoms with Gasteiger partial charge in [-0.25, -0.2) is 0 Å². The van der Waals surface area contributed by atoms with Gasteiger partial charge in [0.2, 0.25) is 0 Å². The lowest BCUT2D eigenvalue weighted by Gasteiger charge is -2.37. The van der Waals surface area contributed by atoms with Gasteiger partial charge in [-0.1, -0.05) is 51.1 Å². The van der Waals surface area contributed by atoms with Crippen LogP contribution in [0.5, 0.6) is 0 Å². The second-order valence-corrected chi connectivity index (χ2v) is 7.88. The summed E-state index contributed by atoms with van der Waals surface area (Å²) in [5, 5.41) is 6.99. The first kappa shape index (κ1) is 20.7. The van der Waals surface area contributed by atoms with Crippen molar-refractivity contribution in [3.05, 3.63) is 35.9 Å². The third kappa shape index (κ3) is 5.99. The zero-order valence-electron chi connectivity index (χ0n) is 17.3. The lowest BCUT2D eigenvalue weighted by Crippen LogP contribution is -2.53. The summed E-state index contributed by atoms with van der Waals surface area (Å²) in [7, 11) is 1.84. The van der Waals surface area contributed by atoms with Crippen LogP contribution < -0.4 is 10.6 Å². The molecular formula is C21H37N5. The molecule has 0 amide bonds. The van der Waals surface area contributed by atoms with E-state index in [1.165, 1.54) is 18.7 Å². The van der Waals surface area contributed by atoms with E-state index in [2.05, 4.69) is 83.5 Å². The van der Waals surface area contributed by atoms with Crippen LogP contribution in [0.1, 0.15) is 33.3 Å². The van der Waals surface area contributed by atoms with E-state index < -0.39 is 0 Å². The normalized spacial score (nSPS) is 18.6. The number of hydrogen-bond acceptors (Lipinski definition) is 3. The molecule has 1 aromatic rings. The summed E-state index contributed by atoms with van der Waals surface area (Å²) >= 11 is 0. The van der Waals surface area contributed by atoms with Crippen LogP contribution in [0.25, 0.3) is 0 Å². The molecule has 1 saturated heterocycles. The highest BCUT2D eigenvalue weighted by molar-refractivity contribution is 5.79. The molecule has 1 unspecified atom stereocenters. The third-order valence-corrected chi connectivity index (χ3v) is 5.52. The first-order chi connectivity index (χ1) is 12.5. The van der Waals surface area contributed by atoms with E-state index in [1.807, 2.05) is 7.05 Å². The van der Waals surface area contributed by atoms with Crippen molar-refractivity contribution in [2.75, 3.05) is 52.9 Å². The Kier molecular flexibility index (Phi) is 7.91. The van der Waals surface area contributed by atoms with Gasteiger partial charge in [-0.05, 0) is 19.0 Å². The first-order valence-electron chi connectivity index (χ1n) is 9.92. The highest BCUT2D eigenvalue weighted by Gasteiger charge is 2.22. The molecule has 0 radical (unpaired) electrons. The van der Waals surface area contributed by atoms with Crippen molar-refractivity contribution >= 4 is 5.96 Å². The standard InChI is InChI=1S/C21H37N5/c1-6-25-12-14-26(15-13-25)18(2)16-23-20(22-5)24-17-21(3,4)19-10-8-7-9-11-19/h7-11,18H,6,12-17H2,1-5H3,(H2,22,23,24). The average molecular weight is 360 g/mol. The SMILES string of the molecule is CCN1CCN(C(C)CNC(=NC)NCC(C)(C)c2ccccc2)CC1. The number of piperazine rings is 1. The predicted molar refractivity (Wildman–Crippen MR) is 112 cm³/mol. The topological polar surface area (TPSA) is 42.9 Å². The van der Waals surface area contributed by atoms with E-state index in [0.717, 1.165) is 38.7 Å². The maximum absolute atomic E-state index is 4.39. The van der Waals surface area contributed by atoms with Crippen LogP contribution in [0.3, 0.4) is 0 Å². The lowest BCUT2D eigenvalue weighted by atomic mass is 9.85. The Balaban J connectivity index is 1.77. The minimum atomic E-state index is 0.0565. The Labute approximate surface area is 159 Å². The Morgan fingerprint density at radius 3 is 2.35 bits per heavy atom. The smallest absolute Gasteiger partial charge is 0.191 e. The van der Waals surface area contributed by atoms with E-state index in [0.29, 0.717) is 6.04 Å². The summed E-state index contributed by atoms with van der Waals surface area (Å²) in [5.41, 5.74) is 1.39. The zero-order chi connectivity index (χ0) is 19.0. The minimum absolute atomic E-state index is 0.0565. The van der Waals surface area contributed by atoms with Crippen molar-refractivity contribution in [1.82, 2.24) is 20.4 Å². The number of hydrogen-bond donors (Lipinski definition) is 2. The number of benzene rings is 1. The highest BCUT2D eigenvalue weighted by atomic mass is 15.3. The van der Waals surface area contributed by atoms with Gasteiger partial charge in [0, 0.05) is 57.8 Å². The van der Waals surface area contributed by atoms with Crippen LogP contribution in [-0.4, -0.2) is 74.7 Å². The number of rotatable bonds is 7. The van der Waals surface area contributed by atoms with Gasteiger partial charge in [0.05, 0.1) is 0 Å². The molecule has 5 heteroatoms. The summed E-state index contributed by atoms with van der Waals surface area (Å²) < 4.78 is 0. The molecule has 1 aliphatic rings. The number of aliphatic imine (C=N–C) groups is 1. The number of guanidine groups is 1. The molecule has 2 rings (SSSR count). The van der Waals surface area contributed by atoms with E-state index in [9.17, 15) is 0 Å². The number of likely N-dealkylation sites (N-methyl/N-ethyl adjacent to an activating group) is 1. The lowest BCUT2D eigenvalue weighted by molar-refractivity contribution is 0.107. The van der Waals surface area contributed by atoms with Crippen molar-refractivity contribution in [3.63, 3.8) is 0 Å². The Morgan fingerprint density at radius 1 is 1.12 bits per heavy atom. The third-order valence-electron chi connectivity index (χ3n) is 5.52. The van der Waals surface area contributed by atoms with Crippen LogP contribution >= 0.6 is 0 Å². The summed E-state index contributed by atoms with van der Waals surface area (Å²) in [6.07, 6.45) is 0.